The maximum absolute atomic E-state index is 13.1. The van der Waals surface area contributed by atoms with Gasteiger partial charge in [-0.3, -0.25) is 0 Å². The second kappa shape index (κ2) is 4.53. The van der Waals surface area contributed by atoms with E-state index in [4.69, 9.17) is 4.52 Å². The lowest BCUT2D eigenvalue weighted by Gasteiger charge is -2.12. The molecule has 1 N–H and O–H groups in total. The molecule has 1 aliphatic rings. The first-order valence-electron chi connectivity index (χ1n) is 6.16. The van der Waals surface area contributed by atoms with Gasteiger partial charge in [-0.05, 0) is 43.0 Å². The first-order chi connectivity index (χ1) is 8.72. The summed E-state index contributed by atoms with van der Waals surface area (Å²) in [7, 11) is 0. The fourth-order valence-corrected chi connectivity index (χ4v) is 2.53. The van der Waals surface area contributed by atoms with Gasteiger partial charge in [-0.25, -0.2) is 4.39 Å². The van der Waals surface area contributed by atoms with Gasteiger partial charge in [0, 0.05) is 18.7 Å². The van der Waals surface area contributed by atoms with Crippen molar-refractivity contribution in [3.05, 3.63) is 52.7 Å². The Kier molecular flexibility index (Phi) is 2.88. The summed E-state index contributed by atoms with van der Waals surface area (Å²) in [6, 6.07) is 7.25. The second-order valence-electron chi connectivity index (χ2n) is 4.74. The van der Waals surface area contributed by atoms with E-state index in [1.54, 1.807) is 6.07 Å². The maximum Gasteiger partial charge on any atom is 0.133 e. The summed E-state index contributed by atoms with van der Waals surface area (Å²) in [6.07, 6.45) is 1.94. The highest BCUT2D eigenvalue weighted by Gasteiger charge is 2.22. The third kappa shape index (κ3) is 2.16. The van der Waals surface area contributed by atoms with Crippen molar-refractivity contribution in [1.29, 1.82) is 0 Å². The Morgan fingerprint density at radius 3 is 3.11 bits per heavy atom. The van der Waals surface area contributed by atoms with Crippen molar-refractivity contribution in [3.63, 3.8) is 0 Å². The molecule has 0 saturated heterocycles. The number of fused-ring (bicyclic) bond motifs is 1. The van der Waals surface area contributed by atoms with Crippen LogP contribution < -0.4 is 5.32 Å². The summed E-state index contributed by atoms with van der Waals surface area (Å²) in [5.41, 5.74) is 3.23. The predicted molar refractivity (Wildman–Crippen MR) is 65.5 cm³/mol. The monoisotopic (exact) mass is 246 g/mol. The number of hydrogen-bond acceptors (Lipinski definition) is 3. The van der Waals surface area contributed by atoms with Crippen molar-refractivity contribution in [3.8, 4) is 0 Å². The second-order valence-corrected chi connectivity index (χ2v) is 4.74. The lowest BCUT2D eigenvalue weighted by Crippen LogP contribution is -2.18. The fraction of sp³-hybridized carbons (Fsp3) is 0.357. The predicted octanol–water partition coefficient (Wildman–Crippen LogP) is 2.90. The molecule has 3 rings (SSSR count). The van der Waals surface area contributed by atoms with E-state index in [1.807, 2.05) is 19.1 Å². The van der Waals surface area contributed by atoms with Crippen molar-refractivity contribution >= 4 is 0 Å². The summed E-state index contributed by atoms with van der Waals surface area (Å²) in [4.78, 5) is 0. The molecule has 94 valence electrons. The normalized spacial score (nSPS) is 18.0. The first kappa shape index (κ1) is 11.4. The number of aryl methyl sites for hydroxylation is 2. The number of aromatic nitrogens is 1. The van der Waals surface area contributed by atoms with E-state index in [1.165, 1.54) is 11.6 Å². The minimum atomic E-state index is -0.151. The van der Waals surface area contributed by atoms with Crippen LogP contribution >= 0.6 is 0 Å². The van der Waals surface area contributed by atoms with E-state index in [2.05, 4.69) is 10.5 Å². The van der Waals surface area contributed by atoms with E-state index in [9.17, 15) is 4.39 Å². The van der Waals surface area contributed by atoms with Crippen LogP contribution in [-0.4, -0.2) is 5.16 Å². The van der Waals surface area contributed by atoms with Crippen LogP contribution in [0, 0.1) is 12.7 Å². The number of benzene rings is 1. The molecule has 4 heteroatoms. The third-order valence-electron chi connectivity index (χ3n) is 3.39. The molecule has 3 nitrogen and oxygen atoms in total. The van der Waals surface area contributed by atoms with Crippen LogP contribution in [0.5, 0.6) is 0 Å². The molecule has 0 aliphatic heterocycles. The highest BCUT2D eigenvalue weighted by atomic mass is 19.1. The minimum absolute atomic E-state index is 0.151. The first-order valence-corrected chi connectivity index (χ1v) is 6.16. The average Bonchev–Trinajstić information content (AvgIpc) is 2.92. The molecule has 0 bridgehead atoms. The highest BCUT2D eigenvalue weighted by Crippen LogP contribution is 2.31. The Hall–Kier alpha value is -1.68. The maximum atomic E-state index is 13.1. The number of halogens is 1. The molecule has 18 heavy (non-hydrogen) atoms. The van der Waals surface area contributed by atoms with E-state index in [0.717, 1.165) is 29.9 Å². The van der Waals surface area contributed by atoms with Crippen LogP contribution in [0.15, 0.2) is 28.8 Å². The van der Waals surface area contributed by atoms with Gasteiger partial charge in [-0.15, -0.1) is 0 Å². The third-order valence-corrected chi connectivity index (χ3v) is 3.39. The molecule has 0 radical (unpaired) electrons. The Morgan fingerprint density at radius 1 is 1.44 bits per heavy atom. The van der Waals surface area contributed by atoms with Crippen molar-refractivity contribution in [2.24, 2.45) is 0 Å². The lowest BCUT2D eigenvalue weighted by molar-refractivity contribution is 0.385. The molecular formula is C14H15FN2O. The van der Waals surface area contributed by atoms with E-state index < -0.39 is 0 Å². The molecule has 1 aliphatic carbocycles. The number of rotatable bonds is 3. The summed E-state index contributed by atoms with van der Waals surface area (Å²) in [6.45, 7) is 2.56. The minimum Gasteiger partial charge on any atom is -0.361 e. The fourth-order valence-electron chi connectivity index (χ4n) is 2.53. The van der Waals surface area contributed by atoms with E-state index >= 15 is 0 Å². The van der Waals surface area contributed by atoms with Crippen LogP contribution in [0.1, 0.15) is 35.0 Å². The molecule has 1 aromatic carbocycles. The topological polar surface area (TPSA) is 38.1 Å². The van der Waals surface area contributed by atoms with Crippen molar-refractivity contribution in [1.82, 2.24) is 10.5 Å². The van der Waals surface area contributed by atoms with Gasteiger partial charge in [0.2, 0.25) is 0 Å². The molecule has 0 fully saturated rings. The summed E-state index contributed by atoms with van der Waals surface area (Å²) in [5, 5.41) is 7.39. The molecule has 1 aromatic heterocycles. The van der Waals surface area contributed by atoms with Gasteiger partial charge in [-0.2, -0.15) is 0 Å². The Balaban J connectivity index is 1.69. The van der Waals surface area contributed by atoms with Gasteiger partial charge in [0.15, 0.2) is 0 Å². The molecule has 1 atom stereocenters. The van der Waals surface area contributed by atoms with Crippen LogP contribution in [0.3, 0.4) is 0 Å². The van der Waals surface area contributed by atoms with Gasteiger partial charge in [0.1, 0.15) is 11.6 Å². The number of nitrogens with zero attached hydrogens (tertiary/aromatic N) is 1. The Bertz CT molecular complexity index is 565. The van der Waals surface area contributed by atoms with Crippen LogP contribution in [0.2, 0.25) is 0 Å². The number of nitrogens with one attached hydrogen (secondary N) is 1. The quantitative estimate of drug-likeness (QED) is 0.905. The SMILES string of the molecule is Cc1cc(CNC2CCc3cc(F)ccc32)no1. The summed E-state index contributed by atoms with van der Waals surface area (Å²) >= 11 is 0. The van der Waals surface area contributed by atoms with Gasteiger partial charge in [0.05, 0.1) is 5.69 Å². The standard InChI is InChI=1S/C14H15FN2O/c1-9-6-12(17-18-9)8-16-14-5-2-10-7-11(15)3-4-13(10)14/h3-4,6-7,14,16H,2,5,8H2,1H3. The smallest absolute Gasteiger partial charge is 0.133 e. The van der Waals surface area contributed by atoms with E-state index in [-0.39, 0.29) is 11.9 Å². The zero-order chi connectivity index (χ0) is 12.5. The Labute approximate surface area is 105 Å². The zero-order valence-corrected chi connectivity index (χ0v) is 10.2. The van der Waals surface area contributed by atoms with Gasteiger partial charge >= 0.3 is 0 Å². The highest BCUT2D eigenvalue weighted by molar-refractivity contribution is 5.35. The van der Waals surface area contributed by atoms with Crippen LogP contribution in [0.4, 0.5) is 4.39 Å². The molecule has 1 heterocycles. The molecule has 0 saturated carbocycles. The number of hydrogen-bond donors (Lipinski definition) is 1. The van der Waals surface area contributed by atoms with Crippen molar-refractivity contribution < 1.29 is 8.91 Å². The summed E-state index contributed by atoms with van der Waals surface area (Å²) < 4.78 is 18.1. The van der Waals surface area contributed by atoms with Gasteiger partial charge < -0.3 is 9.84 Å². The van der Waals surface area contributed by atoms with Crippen molar-refractivity contribution in [2.75, 3.05) is 0 Å². The van der Waals surface area contributed by atoms with Crippen LogP contribution in [-0.2, 0) is 13.0 Å². The molecule has 2 aromatic rings. The zero-order valence-electron chi connectivity index (χ0n) is 10.2. The Morgan fingerprint density at radius 2 is 2.33 bits per heavy atom. The summed E-state index contributed by atoms with van der Waals surface area (Å²) in [5.74, 6) is 0.669. The molecular weight excluding hydrogens is 231 g/mol. The van der Waals surface area contributed by atoms with Crippen molar-refractivity contribution in [2.45, 2.75) is 32.4 Å². The largest absolute Gasteiger partial charge is 0.361 e. The molecule has 0 amide bonds. The molecule has 1 unspecified atom stereocenters. The van der Waals surface area contributed by atoms with Gasteiger partial charge in [0.25, 0.3) is 0 Å². The molecule has 0 spiro atoms. The van der Waals surface area contributed by atoms with Crippen LogP contribution in [0.25, 0.3) is 0 Å². The average molecular weight is 246 g/mol. The van der Waals surface area contributed by atoms with E-state index in [0.29, 0.717) is 6.54 Å². The van der Waals surface area contributed by atoms with Gasteiger partial charge in [-0.1, -0.05) is 11.2 Å². The lowest BCUT2D eigenvalue weighted by atomic mass is 10.1.